The first-order valence-electron chi connectivity index (χ1n) is 12.1. The second-order valence-corrected chi connectivity index (χ2v) is 11.9. The molecule has 6 heteroatoms. The molecule has 182 valence electrons. The van der Waals surface area contributed by atoms with Gasteiger partial charge in [0.1, 0.15) is 0 Å². The van der Waals surface area contributed by atoms with E-state index in [1.165, 1.54) is 5.57 Å². The Morgan fingerprint density at radius 3 is 2.30 bits per heavy atom. The molecule has 0 aromatic carbocycles. The zero-order chi connectivity index (χ0) is 24.6. The number of amides is 1. The minimum absolute atomic E-state index is 0.193. The average Bonchev–Trinajstić information content (AvgIpc) is 3.10. The Bertz CT molecular complexity index is 976. The molecule has 0 unspecified atom stereocenters. The summed E-state index contributed by atoms with van der Waals surface area (Å²) in [6.45, 7) is 19.2. The van der Waals surface area contributed by atoms with E-state index in [0.717, 1.165) is 54.9 Å². The molecular formula is C27H42N4O2. The summed E-state index contributed by atoms with van der Waals surface area (Å²) in [5.41, 5.74) is 4.74. The molecule has 1 aromatic heterocycles. The number of aliphatic imine (C=N–C) groups is 1. The summed E-state index contributed by atoms with van der Waals surface area (Å²) in [4.78, 5) is 25.2. The number of aromatic amines is 1. The van der Waals surface area contributed by atoms with Crippen LogP contribution in [0.4, 0.5) is 0 Å². The van der Waals surface area contributed by atoms with Gasteiger partial charge in [0, 0.05) is 29.2 Å². The molecule has 1 aliphatic carbocycles. The Labute approximate surface area is 199 Å². The first kappa shape index (κ1) is 25.4. The lowest BCUT2D eigenvalue weighted by Gasteiger charge is -2.45. The SMILES string of the molecule is CC(=N/C(C1=CCC(C)(C)CC1)=C(\C)NC(=O)c1ncc(C)[nH]1)C1CC(C)(C)OC(C)(C)C1. The van der Waals surface area contributed by atoms with Gasteiger partial charge in [0.25, 0.3) is 5.91 Å². The topological polar surface area (TPSA) is 79.4 Å². The number of hydrogen-bond acceptors (Lipinski definition) is 4. The van der Waals surface area contributed by atoms with Gasteiger partial charge in [0.05, 0.1) is 16.9 Å². The summed E-state index contributed by atoms with van der Waals surface area (Å²) in [5.74, 6) is 0.408. The van der Waals surface area contributed by atoms with Crippen LogP contribution in [-0.4, -0.2) is 32.8 Å². The fraction of sp³-hybridized carbons (Fsp3) is 0.667. The van der Waals surface area contributed by atoms with Crippen molar-refractivity contribution in [3.8, 4) is 0 Å². The number of ether oxygens (including phenoxy) is 1. The maximum Gasteiger partial charge on any atom is 0.291 e. The number of nitrogens with one attached hydrogen (secondary N) is 2. The van der Waals surface area contributed by atoms with Crippen molar-refractivity contribution in [2.45, 2.75) is 106 Å². The van der Waals surface area contributed by atoms with Crippen LogP contribution in [0.25, 0.3) is 0 Å². The summed E-state index contributed by atoms with van der Waals surface area (Å²) >= 11 is 0. The molecule has 2 aliphatic rings. The lowest BCUT2D eigenvalue weighted by atomic mass is 9.77. The van der Waals surface area contributed by atoms with Crippen LogP contribution >= 0.6 is 0 Å². The Balaban J connectivity index is 1.95. The van der Waals surface area contributed by atoms with Crippen molar-refractivity contribution in [1.29, 1.82) is 0 Å². The third-order valence-electron chi connectivity index (χ3n) is 6.76. The van der Waals surface area contributed by atoms with E-state index in [1.54, 1.807) is 6.20 Å². The number of carbonyl (C=O) groups excluding carboxylic acids is 1. The highest BCUT2D eigenvalue weighted by molar-refractivity contribution is 5.92. The van der Waals surface area contributed by atoms with E-state index >= 15 is 0 Å². The number of imidazole rings is 1. The second kappa shape index (κ2) is 9.21. The Morgan fingerprint density at radius 2 is 1.79 bits per heavy atom. The van der Waals surface area contributed by atoms with Gasteiger partial charge < -0.3 is 15.0 Å². The van der Waals surface area contributed by atoms with Gasteiger partial charge in [-0.25, -0.2) is 4.98 Å². The summed E-state index contributed by atoms with van der Waals surface area (Å²) in [7, 11) is 0. The van der Waals surface area contributed by atoms with Crippen LogP contribution in [0.5, 0.6) is 0 Å². The van der Waals surface area contributed by atoms with Crippen molar-refractivity contribution in [2.75, 3.05) is 0 Å². The average molecular weight is 455 g/mol. The van der Waals surface area contributed by atoms with Crippen LogP contribution < -0.4 is 5.32 Å². The maximum atomic E-state index is 12.8. The van der Waals surface area contributed by atoms with Crippen LogP contribution in [0.1, 0.15) is 104 Å². The van der Waals surface area contributed by atoms with Crippen LogP contribution in [0.2, 0.25) is 0 Å². The van der Waals surface area contributed by atoms with Crippen LogP contribution in [0, 0.1) is 18.3 Å². The normalized spacial score (nSPS) is 23.5. The second-order valence-electron chi connectivity index (χ2n) is 11.9. The van der Waals surface area contributed by atoms with Gasteiger partial charge in [-0.15, -0.1) is 0 Å². The van der Waals surface area contributed by atoms with Crippen molar-refractivity contribution in [1.82, 2.24) is 15.3 Å². The van der Waals surface area contributed by atoms with Crippen molar-refractivity contribution in [2.24, 2.45) is 16.3 Å². The van der Waals surface area contributed by atoms with Crippen molar-refractivity contribution >= 4 is 11.6 Å². The van der Waals surface area contributed by atoms with Crippen LogP contribution in [0.3, 0.4) is 0 Å². The van der Waals surface area contributed by atoms with Gasteiger partial charge in [0.2, 0.25) is 0 Å². The van der Waals surface area contributed by atoms with E-state index < -0.39 is 0 Å². The highest BCUT2D eigenvalue weighted by Gasteiger charge is 2.40. The van der Waals surface area contributed by atoms with Gasteiger partial charge in [-0.2, -0.15) is 0 Å². The first-order chi connectivity index (χ1) is 15.2. The summed E-state index contributed by atoms with van der Waals surface area (Å²) in [6, 6.07) is 0. The molecule has 6 nitrogen and oxygen atoms in total. The molecular weight excluding hydrogens is 412 g/mol. The predicted octanol–water partition coefficient (Wildman–Crippen LogP) is 6.26. The van der Waals surface area contributed by atoms with Gasteiger partial charge >= 0.3 is 0 Å². The van der Waals surface area contributed by atoms with E-state index in [0.29, 0.717) is 17.2 Å². The highest BCUT2D eigenvalue weighted by Crippen LogP contribution is 2.41. The van der Waals surface area contributed by atoms with E-state index in [4.69, 9.17) is 9.73 Å². The quantitative estimate of drug-likeness (QED) is 0.515. The van der Waals surface area contributed by atoms with E-state index in [1.807, 2.05) is 13.8 Å². The molecule has 1 saturated heterocycles. The molecule has 0 atom stereocenters. The molecule has 2 N–H and O–H groups in total. The van der Waals surface area contributed by atoms with Gasteiger partial charge in [-0.3, -0.25) is 9.79 Å². The van der Waals surface area contributed by atoms with E-state index in [2.05, 4.69) is 69.8 Å². The first-order valence-corrected chi connectivity index (χ1v) is 12.1. The summed E-state index contributed by atoms with van der Waals surface area (Å²) in [6.07, 6.45) is 8.91. The number of H-pyrrole nitrogens is 1. The van der Waals surface area contributed by atoms with E-state index in [9.17, 15) is 4.79 Å². The zero-order valence-corrected chi connectivity index (χ0v) is 22.0. The number of aromatic nitrogens is 2. The lowest BCUT2D eigenvalue weighted by molar-refractivity contribution is -0.164. The number of hydrogen-bond donors (Lipinski definition) is 2. The third kappa shape index (κ3) is 6.66. The molecule has 33 heavy (non-hydrogen) atoms. The molecule has 0 spiro atoms. The number of nitrogens with zero attached hydrogens (tertiary/aromatic N) is 2. The van der Waals surface area contributed by atoms with Crippen molar-refractivity contribution in [3.05, 3.63) is 40.8 Å². The van der Waals surface area contributed by atoms with Crippen LogP contribution in [-0.2, 0) is 4.74 Å². The number of carbonyl (C=O) groups is 1. The van der Waals surface area contributed by atoms with Gasteiger partial charge in [0.15, 0.2) is 5.82 Å². The summed E-state index contributed by atoms with van der Waals surface area (Å²) in [5, 5.41) is 3.04. The van der Waals surface area contributed by atoms with Crippen LogP contribution in [0.15, 0.2) is 34.2 Å². The maximum absolute atomic E-state index is 12.8. The number of rotatable bonds is 5. The minimum Gasteiger partial charge on any atom is -0.370 e. The molecule has 0 bridgehead atoms. The van der Waals surface area contributed by atoms with Crippen molar-refractivity contribution in [3.63, 3.8) is 0 Å². The lowest BCUT2D eigenvalue weighted by Crippen LogP contribution is -2.46. The molecule has 0 saturated carbocycles. The molecule has 3 rings (SSSR count). The number of aryl methyl sites for hydroxylation is 1. The fourth-order valence-electron chi connectivity index (χ4n) is 5.16. The predicted molar refractivity (Wildman–Crippen MR) is 134 cm³/mol. The summed E-state index contributed by atoms with van der Waals surface area (Å²) < 4.78 is 6.29. The van der Waals surface area contributed by atoms with Crippen molar-refractivity contribution < 1.29 is 9.53 Å². The highest BCUT2D eigenvalue weighted by atomic mass is 16.5. The smallest absolute Gasteiger partial charge is 0.291 e. The zero-order valence-electron chi connectivity index (χ0n) is 22.0. The minimum atomic E-state index is -0.240. The molecule has 1 amide bonds. The third-order valence-corrected chi connectivity index (χ3v) is 6.76. The molecule has 1 aromatic rings. The van der Waals surface area contributed by atoms with E-state index in [-0.39, 0.29) is 17.1 Å². The Kier molecular flexibility index (Phi) is 7.09. The largest absolute Gasteiger partial charge is 0.370 e. The Hall–Kier alpha value is -2.21. The molecule has 0 radical (unpaired) electrons. The molecule has 2 heterocycles. The number of allylic oxidation sites excluding steroid dienone is 3. The Morgan fingerprint density at radius 1 is 1.15 bits per heavy atom. The van der Waals surface area contributed by atoms with Gasteiger partial charge in [-0.05, 0) is 91.6 Å². The monoisotopic (exact) mass is 454 g/mol. The van der Waals surface area contributed by atoms with Gasteiger partial charge in [-0.1, -0.05) is 19.9 Å². The molecule has 1 aliphatic heterocycles. The fourth-order valence-corrected chi connectivity index (χ4v) is 5.16. The standard InChI is InChI=1S/C27H42N4O2/c1-17-16-28-23(29-17)24(32)31-19(3)22(20-10-12-25(4,5)13-11-20)30-18(2)21-14-26(6,7)33-27(8,9)15-21/h10,16,21H,11-15H2,1-9H3,(H,28,29)(H,31,32)/b22-19+,30-18?. The molecule has 1 fully saturated rings.